The molecule has 0 aromatic carbocycles. The molecule has 0 atom stereocenters. The highest BCUT2D eigenvalue weighted by molar-refractivity contribution is 5.15. The maximum absolute atomic E-state index is 3.76. The van der Waals surface area contributed by atoms with E-state index in [9.17, 15) is 0 Å². The molecule has 0 N–H and O–H groups in total. The van der Waals surface area contributed by atoms with Crippen molar-refractivity contribution < 1.29 is 0 Å². The maximum Gasteiger partial charge on any atom is -0.0282 e. The number of rotatable bonds is 5. The molecule has 0 saturated heterocycles. The summed E-state index contributed by atoms with van der Waals surface area (Å²) in [6.07, 6.45) is 9.12. The molecule has 0 aliphatic carbocycles. The predicted octanol–water partition coefficient (Wildman–Crippen LogP) is 3.70. The van der Waals surface area contributed by atoms with E-state index in [1.165, 1.54) is 24.8 Å². The lowest BCUT2D eigenvalue weighted by atomic mass is 10.1. The molecule has 0 radical (unpaired) electrons. The van der Waals surface area contributed by atoms with E-state index in [-0.39, 0.29) is 0 Å². The van der Waals surface area contributed by atoms with Gasteiger partial charge in [0.2, 0.25) is 0 Å². The van der Waals surface area contributed by atoms with Gasteiger partial charge in [-0.1, -0.05) is 44.6 Å². The molecule has 0 aliphatic rings. The van der Waals surface area contributed by atoms with Crippen molar-refractivity contribution in [3.8, 4) is 0 Å². The van der Waals surface area contributed by atoms with Crippen molar-refractivity contribution in [2.45, 2.75) is 39.5 Å². The zero-order chi connectivity index (χ0) is 7.82. The fourth-order valence-electron chi connectivity index (χ4n) is 0.931. The van der Waals surface area contributed by atoms with Crippen LogP contribution in [0.1, 0.15) is 39.5 Å². The molecule has 0 spiro atoms. The minimum Gasteiger partial charge on any atom is -0.0988 e. The molecule has 10 heavy (non-hydrogen) atoms. The van der Waals surface area contributed by atoms with Crippen LogP contribution >= 0.6 is 0 Å². The normalized spacial score (nSPS) is 11.6. The van der Waals surface area contributed by atoms with Gasteiger partial charge in [-0.05, 0) is 19.3 Å². The summed E-state index contributed by atoms with van der Waals surface area (Å²) in [7, 11) is 0. The zero-order valence-corrected chi connectivity index (χ0v) is 7.19. The van der Waals surface area contributed by atoms with Crippen molar-refractivity contribution in [1.29, 1.82) is 0 Å². The van der Waals surface area contributed by atoms with Crippen LogP contribution in [-0.2, 0) is 0 Å². The van der Waals surface area contributed by atoms with Crippen molar-refractivity contribution >= 4 is 0 Å². The quantitative estimate of drug-likeness (QED) is 0.508. The third kappa shape index (κ3) is 4.37. The van der Waals surface area contributed by atoms with Gasteiger partial charge < -0.3 is 0 Å². The molecule has 0 fully saturated rings. The lowest BCUT2D eigenvalue weighted by Crippen LogP contribution is -1.77. The van der Waals surface area contributed by atoms with Gasteiger partial charge in [0.1, 0.15) is 0 Å². The number of hydrogen-bond donors (Lipinski definition) is 0. The van der Waals surface area contributed by atoms with Crippen molar-refractivity contribution in [1.82, 2.24) is 0 Å². The molecular formula is C10H18. The fraction of sp³-hybridized carbons (Fsp3) is 0.600. The average Bonchev–Trinajstić information content (AvgIpc) is 1.98. The first-order chi connectivity index (χ1) is 4.85. The lowest BCUT2D eigenvalue weighted by Gasteiger charge is -1.97. The van der Waals surface area contributed by atoms with E-state index in [2.05, 4.69) is 26.5 Å². The van der Waals surface area contributed by atoms with Gasteiger partial charge in [0.25, 0.3) is 0 Å². The summed E-state index contributed by atoms with van der Waals surface area (Å²) < 4.78 is 0. The Kier molecular flexibility index (Phi) is 6.25. The lowest BCUT2D eigenvalue weighted by molar-refractivity contribution is 0.795. The molecule has 0 aliphatic heterocycles. The second-order valence-corrected chi connectivity index (χ2v) is 2.49. The first kappa shape index (κ1) is 9.48. The number of hydrogen-bond acceptors (Lipinski definition) is 0. The Labute approximate surface area is 64.6 Å². The Hall–Kier alpha value is -0.520. The van der Waals surface area contributed by atoms with Crippen molar-refractivity contribution in [2.75, 3.05) is 0 Å². The monoisotopic (exact) mass is 138 g/mol. The van der Waals surface area contributed by atoms with Gasteiger partial charge in [-0.15, -0.1) is 0 Å². The molecule has 0 rings (SSSR count). The molecule has 0 aromatic rings. The summed E-state index contributed by atoms with van der Waals surface area (Å²) in [4.78, 5) is 0. The Bertz CT molecular complexity index is 109. The molecule has 0 heterocycles. The van der Waals surface area contributed by atoms with Crippen molar-refractivity contribution in [3.63, 3.8) is 0 Å². The molecule has 0 saturated carbocycles. The summed E-state index contributed by atoms with van der Waals surface area (Å²) in [5.74, 6) is 0. The van der Waals surface area contributed by atoms with Crippen LogP contribution in [0.5, 0.6) is 0 Å². The number of allylic oxidation sites excluding steroid dienone is 3. The van der Waals surface area contributed by atoms with Crippen LogP contribution < -0.4 is 0 Å². The minimum absolute atomic E-state index is 1.13. The van der Waals surface area contributed by atoms with Crippen LogP contribution in [0.3, 0.4) is 0 Å². The van der Waals surface area contributed by atoms with E-state index in [0.717, 1.165) is 6.42 Å². The van der Waals surface area contributed by atoms with Crippen molar-refractivity contribution in [2.24, 2.45) is 0 Å². The largest absolute Gasteiger partial charge is 0.0988 e. The summed E-state index contributed by atoms with van der Waals surface area (Å²) in [6, 6.07) is 0. The van der Waals surface area contributed by atoms with E-state index in [4.69, 9.17) is 0 Å². The van der Waals surface area contributed by atoms with Gasteiger partial charge in [-0.3, -0.25) is 0 Å². The Morgan fingerprint density at radius 1 is 1.40 bits per heavy atom. The standard InChI is InChI=1S/C10H18/c1-4-7-9-10(6-3)8-5-2/h6,8H,3-5,7,9H2,1-2H3/b10-8-. The Morgan fingerprint density at radius 3 is 2.50 bits per heavy atom. The second kappa shape index (κ2) is 6.60. The summed E-state index contributed by atoms with van der Waals surface area (Å²) in [6.45, 7) is 8.14. The van der Waals surface area contributed by atoms with Gasteiger partial charge >= 0.3 is 0 Å². The topological polar surface area (TPSA) is 0 Å². The molecule has 0 heteroatoms. The van der Waals surface area contributed by atoms with E-state index >= 15 is 0 Å². The SMILES string of the molecule is C=C/C(=C/CC)CCCC. The van der Waals surface area contributed by atoms with Gasteiger partial charge in [-0.2, -0.15) is 0 Å². The molecule has 0 amide bonds. The van der Waals surface area contributed by atoms with Crippen molar-refractivity contribution in [3.05, 3.63) is 24.3 Å². The molecular weight excluding hydrogens is 120 g/mol. The van der Waals surface area contributed by atoms with E-state index in [1.807, 2.05) is 6.08 Å². The van der Waals surface area contributed by atoms with Crippen LogP contribution in [0.2, 0.25) is 0 Å². The van der Waals surface area contributed by atoms with Crippen LogP contribution in [0.25, 0.3) is 0 Å². The molecule has 0 aromatic heterocycles. The highest BCUT2D eigenvalue weighted by Crippen LogP contribution is 2.08. The summed E-state index contributed by atoms with van der Waals surface area (Å²) >= 11 is 0. The van der Waals surface area contributed by atoms with Crippen LogP contribution in [0.4, 0.5) is 0 Å². The Balaban J connectivity index is 3.60. The Morgan fingerprint density at radius 2 is 2.10 bits per heavy atom. The van der Waals surface area contributed by atoms with E-state index in [0.29, 0.717) is 0 Å². The predicted molar refractivity (Wildman–Crippen MR) is 48.1 cm³/mol. The average molecular weight is 138 g/mol. The molecule has 0 bridgehead atoms. The van der Waals surface area contributed by atoms with E-state index in [1.54, 1.807) is 0 Å². The maximum atomic E-state index is 3.76. The van der Waals surface area contributed by atoms with E-state index < -0.39 is 0 Å². The van der Waals surface area contributed by atoms with Crippen LogP contribution in [0.15, 0.2) is 24.3 Å². The second-order valence-electron chi connectivity index (χ2n) is 2.49. The van der Waals surface area contributed by atoms with Gasteiger partial charge in [0.15, 0.2) is 0 Å². The highest BCUT2D eigenvalue weighted by Gasteiger charge is 1.88. The molecule has 0 unspecified atom stereocenters. The van der Waals surface area contributed by atoms with Crippen LogP contribution in [0, 0.1) is 0 Å². The fourth-order valence-corrected chi connectivity index (χ4v) is 0.931. The first-order valence-electron chi connectivity index (χ1n) is 4.16. The van der Waals surface area contributed by atoms with Crippen LogP contribution in [-0.4, -0.2) is 0 Å². The molecule has 58 valence electrons. The summed E-state index contributed by atoms with van der Waals surface area (Å²) in [5.41, 5.74) is 1.41. The first-order valence-corrected chi connectivity index (χ1v) is 4.16. The summed E-state index contributed by atoms with van der Waals surface area (Å²) in [5, 5.41) is 0. The third-order valence-corrected chi connectivity index (χ3v) is 1.55. The zero-order valence-electron chi connectivity index (χ0n) is 7.19. The van der Waals surface area contributed by atoms with Gasteiger partial charge in [0, 0.05) is 0 Å². The highest BCUT2D eigenvalue weighted by atomic mass is 13.9. The third-order valence-electron chi connectivity index (χ3n) is 1.55. The smallest absolute Gasteiger partial charge is 0.0282 e. The minimum atomic E-state index is 1.13. The van der Waals surface area contributed by atoms with Gasteiger partial charge in [0.05, 0.1) is 0 Å². The van der Waals surface area contributed by atoms with Gasteiger partial charge in [-0.25, -0.2) is 0 Å². The molecule has 0 nitrogen and oxygen atoms in total. The number of unbranched alkanes of at least 4 members (excludes halogenated alkanes) is 1.